The van der Waals surface area contributed by atoms with Crippen LogP contribution in [0.15, 0.2) is 54.9 Å². The van der Waals surface area contributed by atoms with Crippen LogP contribution < -0.4 is 10.6 Å². The number of benzene rings is 1. The Labute approximate surface area is 191 Å². The number of pyridine rings is 1. The molecule has 6 heteroatoms. The number of nitrogens with zero attached hydrogens (tertiary/aromatic N) is 2. The molecule has 1 unspecified atom stereocenters. The molecule has 2 N–H and O–H groups in total. The Morgan fingerprint density at radius 1 is 1.03 bits per heavy atom. The van der Waals surface area contributed by atoms with Crippen LogP contribution in [0.1, 0.15) is 28.8 Å². The summed E-state index contributed by atoms with van der Waals surface area (Å²) in [6.45, 7) is 0.936. The number of nitrogens with one attached hydrogen (secondary N) is 2. The molecule has 6 nitrogen and oxygen atoms in total. The highest BCUT2D eigenvalue weighted by Crippen LogP contribution is 2.42. The van der Waals surface area contributed by atoms with Gasteiger partial charge >= 0.3 is 0 Å². The molecule has 6 rings (SSSR count). The van der Waals surface area contributed by atoms with Gasteiger partial charge in [-0.3, -0.25) is 14.9 Å². The van der Waals surface area contributed by atoms with Gasteiger partial charge in [-0.05, 0) is 62.5 Å². The fraction of sp³-hybridized carbons (Fsp3) is 0.259. The zero-order chi connectivity index (χ0) is 22.7. The van der Waals surface area contributed by atoms with E-state index in [0.717, 1.165) is 53.4 Å². The number of amides is 2. The zero-order valence-corrected chi connectivity index (χ0v) is 18.8. The summed E-state index contributed by atoms with van der Waals surface area (Å²) in [5.41, 5.74) is 7.18. The summed E-state index contributed by atoms with van der Waals surface area (Å²) in [7, 11) is 3.95. The number of imide groups is 1. The predicted octanol–water partition coefficient (Wildman–Crippen LogP) is 3.32. The number of fused-ring (bicyclic) bond motifs is 4. The zero-order valence-electron chi connectivity index (χ0n) is 18.8. The summed E-state index contributed by atoms with van der Waals surface area (Å²) in [5.74, 6) is -0.128. The number of para-hydroxylation sites is 1. The molecule has 0 saturated heterocycles. The molecule has 0 bridgehead atoms. The quantitative estimate of drug-likeness (QED) is 0.481. The minimum Gasteiger partial charge on any atom is -0.350 e. The van der Waals surface area contributed by atoms with Crippen molar-refractivity contribution in [3.05, 3.63) is 77.2 Å². The van der Waals surface area contributed by atoms with Gasteiger partial charge in [0.05, 0.1) is 16.7 Å². The normalized spacial score (nSPS) is 18.4. The Balaban J connectivity index is 1.67. The van der Waals surface area contributed by atoms with Gasteiger partial charge in [0, 0.05) is 47.2 Å². The lowest BCUT2D eigenvalue weighted by Crippen LogP contribution is -2.25. The van der Waals surface area contributed by atoms with E-state index in [1.165, 1.54) is 11.3 Å². The second-order valence-corrected chi connectivity index (χ2v) is 9.13. The molecule has 2 amide bonds. The number of hydrogen-bond donors (Lipinski definition) is 2. The van der Waals surface area contributed by atoms with Crippen molar-refractivity contribution in [2.75, 3.05) is 13.6 Å². The summed E-state index contributed by atoms with van der Waals surface area (Å²) in [6, 6.07) is 14.1. The van der Waals surface area contributed by atoms with Gasteiger partial charge in [-0.2, -0.15) is 0 Å². The lowest BCUT2D eigenvalue weighted by atomic mass is 9.83. The molecule has 4 aromatic rings. The van der Waals surface area contributed by atoms with Gasteiger partial charge in [-0.25, -0.2) is 0 Å². The molecular formula is C27H26N4O2. The highest BCUT2D eigenvalue weighted by atomic mass is 16.2. The Morgan fingerprint density at radius 2 is 1.79 bits per heavy atom. The molecule has 1 aliphatic carbocycles. The minimum atomic E-state index is -0.321. The Bertz CT molecular complexity index is 1490. The van der Waals surface area contributed by atoms with Gasteiger partial charge in [0.25, 0.3) is 11.8 Å². The van der Waals surface area contributed by atoms with Gasteiger partial charge in [0.2, 0.25) is 0 Å². The van der Waals surface area contributed by atoms with Crippen LogP contribution in [0.3, 0.4) is 0 Å². The molecule has 0 spiro atoms. The first-order valence-corrected chi connectivity index (χ1v) is 11.5. The van der Waals surface area contributed by atoms with Crippen molar-refractivity contribution >= 4 is 39.4 Å². The maximum Gasteiger partial charge on any atom is 0.259 e. The summed E-state index contributed by atoms with van der Waals surface area (Å²) in [5, 5.41) is 6.89. The number of aryl methyl sites for hydroxylation is 2. The summed E-state index contributed by atoms with van der Waals surface area (Å²) >= 11 is 0. The molecule has 33 heavy (non-hydrogen) atoms. The fourth-order valence-corrected chi connectivity index (χ4v) is 5.78. The van der Waals surface area contributed by atoms with E-state index in [0.29, 0.717) is 17.1 Å². The Kier molecular flexibility index (Phi) is 4.52. The fourth-order valence-electron chi connectivity index (χ4n) is 5.78. The van der Waals surface area contributed by atoms with E-state index >= 15 is 0 Å². The van der Waals surface area contributed by atoms with E-state index in [1.807, 2.05) is 61.3 Å². The summed E-state index contributed by atoms with van der Waals surface area (Å²) in [4.78, 5) is 26.5. The van der Waals surface area contributed by atoms with Gasteiger partial charge in [0.1, 0.15) is 0 Å². The smallest absolute Gasteiger partial charge is 0.259 e. The van der Waals surface area contributed by atoms with Crippen LogP contribution in [0.4, 0.5) is 0 Å². The van der Waals surface area contributed by atoms with E-state index < -0.39 is 0 Å². The van der Waals surface area contributed by atoms with Crippen LogP contribution in [0.2, 0.25) is 0 Å². The van der Waals surface area contributed by atoms with Gasteiger partial charge < -0.3 is 14.3 Å². The van der Waals surface area contributed by atoms with Crippen LogP contribution in [0.5, 0.6) is 0 Å². The molecule has 2 aliphatic rings. The largest absolute Gasteiger partial charge is 0.350 e. The number of aromatic nitrogens is 2. The minimum absolute atomic E-state index is 0.308. The lowest BCUT2D eigenvalue weighted by molar-refractivity contribution is -0.122. The molecule has 0 fully saturated rings. The number of carbonyl (C=O) groups excluding carboxylic acids is 2. The van der Waals surface area contributed by atoms with Crippen LogP contribution in [-0.2, 0) is 29.5 Å². The van der Waals surface area contributed by atoms with Gasteiger partial charge in [-0.1, -0.05) is 24.3 Å². The number of carbonyl (C=O) groups is 2. The molecule has 4 heterocycles. The van der Waals surface area contributed by atoms with Crippen molar-refractivity contribution in [3.63, 3.8) is 0 Å². The number of hydrogen-bond acceptors (Lipinski definition) is 3. The second-order valence-electron chi connectivity index (χ2n) is 9.13. The van der Waals surface area contributed by atoms with Crippen molar-refractivity contribution in [2.45, 2.75) is 19.3 Å². The summed E-state index contributed by atoms with van der Waals surface area (Å²) in [6.07, 6.45) is 6.99. The third-order valence-electron chi connectivity index (χ3n) is 7.18. The van der Waals surface area contributed by atoms with E-state index in [9.17, 15) is 9.59 Å². The molecule has 1 aromatic carbocycles. The average molecular weight is 439 g/mol. The van der Waals surface area contributed by atoms with Crippen LogP contribution in [0, 0.1) is 5.92 Å². The van der Waals surface area contributed by atoms with Gasteiger partial charge in [0.15, 0.2) is 0 Å². The highest BCUT2D eigenvalue weighted by molar-refractivity contribution is 6.50. The second kappa shape index (κ2) is 7.46. The van der Waals surface area contributed by atoms with Crippen molar-refractivity contribution < 1.29 is 9.59 Å². The molecule has 1 aliphatic heterocycles. The topological polar surface area (TPSA) is 67.5 Å². The molecule has 0 radical (unpaired) electrons. The Morgan fingerprint density at radius 3 is 2.64 bits per heavy atom. The molecule has 166 valence electrons. The monoisotopic (exact) mass is 438 g/mol. The first kappa shape index (κ1) is 20.0. The average Bonchev–Trinajstić information content (AvgIpc) is 3.42. The van der Waals surface area contributed by atoms with E-state index in [4.69, 9.17) is 0 Å². The van der Waals surface area contributed by atoms with Crippen molar-refractivity contribution in [1.82, 2.24) is 19.6 Å². The standard InChI is InChI=1S/C27H26N4O2/c1-28-14-16-10-11-21-18(13-16)23(22-9-5-6-12-31(21)22)25-24(26(32)29-27(25)33)19-15-30(2)20-8-4-3-7-17(19)20/h3-9,12,15-16,28H,10-11,13-14H2,1-2H3,(H,29,32,33). The molecule has 0 saturated carbocycles. The molecule has 1 atom stereocenters. The first-order chi connectivity index (χ1) is 16.1. The molecule has 3 aromatic heterocycles. The van der Waals surface area contributed by atoms with E-state index in [-0.39, 0.29) is 11.8 Å². The summed E-state index contributed by atoms with van der Waals surface area (Å²) < 4.78 is 4.23. The van der Waals surface area contributed by atoms with Crippen molar-refractivity contribution in [2.24, 2.45) is 13.0 Å². The van der Waals surface area contributed by atoms with Gasteiger partial charge in [-0.15, -0.1) is 0 Å². The van der Waals surface area contributed by atoms with Crippen molar-refractivity contribution in [1.29, 1.82) is 0 Å². The maximum absolute atomic E-state index is 13.3. The lowest BCUT2D eigenvalue weighted by Gasteiger charge is -2.23. The van der Waals surface area contributed by atoms with Crippen LogP contribution >= 0.6 is 0 Å². The number of rotatable bonds is 4. The SMILES string of the molecule is CNCC1CCc2c(c(C3=C(c4cn(C)c5ccccc45)C(=O)NC3=O)c3ccccn23)C1. The molecular weight excluding hydrogens is 412 g/mol. The predicted molar refractivity (Wildman–Crippen MR) is 130 cm³/mol. The Hall–Kier alpha value is -3.64. The maximum atomic E-state index is 13.3. The third-order valence-corrected chi connectivity index (χ3v) is 7.18. The van der Waals surface area contributed by atoms with Crippen molar-refractivity contribution in [3.8, 4) is 0 Å². The first-order valence-electron chi connectivity index (χ1n) is 11.5. The van der Waals surface area contributed by atoms with E-state index in [1.54, 1.807) is 0 Å². The van der Waals surface area contributed by atoms with Crippen LogP contribution in [-0.4, -0.2) is 34.4 Å². The highest BCUT2D eigenvalue weighted by Gasteiger charge is 2.38. The van der Waals surface area contributed by atoms with E-state index in [2.05, 4.69) is 27.3 Å². The van der Waals surface area contributed by atoms with Crippen LogP contribution in [0.25, 0.3) is 27.6 Å². The third kappa shape index (κ3) is 2.91.